The molecule has 36 heavy (non-hydrogen) atoms. The SMILES string of the molecule is CCc1cc(F)c(-c2c(O)cc(F)c(C(F)(F)Oc3cc(F)c(OC(F)(F)F)c(F)c3)c2F)c(F)c1. The summed E-state index contributed by atoms with van der Waals surface area (Å²) >= 11 is 0. The van der Waals surface area contributed by atoms with E-state index in [9.17, 15) is 49.0 Å². The fraction of sp³-hybridized carbons (Fsp3) is 0.182. The number of phenols is 1. The summed E-state index contributed by atoms with van der Waals surface area (Å²) in [7, 11) is 0. The van der Waals surface area contributed by atoms with Crippen LogP contribution in [-0.4, -0.2) is 11.5 Å². The summed E-state index contributed by atoms with van der Waals surface area (Å²) in [6.45, 7) is 1.51. The standard InChI is InChI=1S/C22H11F11O3/c1-2-8-3-10(23)16(11(24)4-8)17-15(34)7-12(25)18(19(17)28)21(29,30)35-9-5-13(26)20(14(27)6-9)36-22(31,32)33/h3-7,34H,2H2,1H3. The Labute approximate surface area is 194 Å². The third-order valence-electron chi connectivity index (χ3n) is 4.68. The molecule has 0 atom stereocenters. The molecule has 0 aliphatic rings. The van der Waals surface area contributed by atoms with Gasteiger partial charge in [0.25, 0.3) is 0 Å². The molecule has 14 heteroatoms. The van der Waals surface area contributed by atoms with Crippen molar-refractivity contribution in [3.8, 4) is 28.4 Å². The minimum atomic E-state index is -5.55. The Hall–Kier alpha value is -3.71. The van der Waals surface area contributed by atoms with E-state index in [0.29, 0.717) is 12.1 Å². The van der Waals surface area contributed by atoms with Crippen LogP contribution in [0.3, 0.4) is 0 Å². The van der Waals surface area contributed by atoms with Gasteiger partial charge in [0.05, 0.1) is 11.1 Å². The summed E-state index contributed by atoms with van der Waals surface area (Å²) in [4.78, 5) is 0. The molecule has 0 saturated carbocycles. The third kappa shape index (κ3) is 5.26. The first kappa shape index (κ1) is 26.9. The van der Waals surface area contributed by atoms with E-state index >= 15 is 4.39 Å². The van der Waals surface area contributed by atoms with Gasteiger partial charge in [0, 0.05) is 18.2 Å². The molecule has 3 rings (SSSR count). The van der Waals surface area contributed by atoms with Crippen molar-refractivity contribution in [3.63, 3.8) is 0 Å². The third-order valence-corrected chi connectivity index (χ3v) is 4.68. The van der Waals surface area contributed by atoms with Gasteiger partial charge in [-0.3, -0.25) is 0 Å². The second-order valence-electron chi connectivity index (χ2n) is 7.11. The predicted molar refractivity (Wildman–Crippen MR) is 100 cm³/mol. The molecule has 194 valence electrons. The Kier molecular flexibility index (Phi) is 7.01. The van der Waals surface area contributed by atoms with E-state index in [1.807, 2.05) is 0 Å². The number of hydrogen-bond acceptors (Lipinski definition) is 3. The molecule has 3 aromatic rings. The number of aryl methyl sites for hydroxylation is 1. The van der Waals surface area contributed by atoms with Gasteiger partial charge >= 0.3 is 12.5 Å². The Bertz CT molecular complexity index is 1270. The first-order valence-corrected chi connectivity index (χ1v) is 9.57. The van der Waals surface area contributed by atoms with Gasteiger partial charge in [0.1, 0.15) is 34.5 Å². The molecule has 0 aromatic heterocycles. The molecule has 0 radical (unpaired) electrons. The van der Waals surface area contributed by atoms with E-state index in [4.69, 9.17) is 0 Å². The highest BCUT2D eigenvalue weighted by Crippen LogP contribution is 2.44. The van der Waals surface area contributed by atoms with Crippen LogP contribution in [0, 0.1) is 34.9 Å². The fourth-order valence-electron chi connectivity index (χ4n) is 3.19. The van der Waals surface area contributed by atoms with Gasteiger partial charge < -0.3 is 14.6 Å². The lowest BCUT2D eigenvalue weighted by atomic mass is 9.97. The normalized spacial score (nSPS) is 12.1. The summed E-state index contributed by atoms with van der Waals surface area (Å²) in [6.07, 6.45) is -10.6. The van der Waals surface area contributed by atoms with Crippen LogP contribution in [0.2, 0.25) is 0 Å². The minimum absolute atomic E-state index is 0.0756. The molecule has 0 unspecified atom stereocenters. The lowest BCUT2D eigenvalue weighted by Gasteiger charge is -2.22. The number of rotatable bonds is 6. The van der Waals surface area contributed by atoms with Crippen LogP contribution in [0.15, 0.2) is 30.3 Å². The molecule has 3 nitrogen and oxygen atoms in total. The molecule has 0 heterocycles. The first-order valence-electron chi connectivity index (χ1n) is 9.57. The second kappa shape index (κ2) is 9.39. The van der Waals surface area contributed by atoms with Crippen LogP contribution in [-0.2, 0) is 12.5 Å². The number of phenolic OH excluding ortho intramolecular Hbond substituents is 1. The maximum Gasteiger partial charge on any atom is 0.573 e. The molecule has 0 aliphatic carbocycles. The van der Waals surface area contributed by atoms with Gasteiger partial charge in [0.2, 0.25) is 5.75 Å². The van der Waals surface area contributed by atoms with Gasteiger partial charge in [-0.2, -0.15) is 8.78 Å². The highest BCUT2D eigenvalue weighted by Gasteiger charge is 2.44. The van der Waals surface area contributed by atoms with Crippen molar-refractivity contribution in [1.82, 2.24) is 0 Å². The molecule has 3 aromatic carbocycles. The number of alkyl halides is 5. The highest BCUT2D eigenvalue weighted by atomic mass is 19.4. The molecule has 0 saturated heterocycles. The summed E-state index contributed by atoms with van der Waals surface area (Å²) in [5.74, 6) is -16.9. The van der Waals surface area contributed by atoms with Crippen molar-refractivity contribution in [2.24, 2.45) is 0 Å². The van der Waals surface area contributed by atoms with Gasteiger partial charge in [-0.1, -0.05) is 6.92 Å². The second-order valence-corrected chi connectivity index (χ2v) is 7.11. The lowest BCUT2D eigenvalue weighted by molar-refractivity contribution is -0.276. The molecule has 0 aliphatic heterocycles. The molecular weight excluding hydrogens is 521 g/mol. The van der Waals surface area contributed by atoms with E-state index in [2.05, 4.69) is 9.47 Å². The van der Waals surface area contributed by atoms with E-state index in [-0.39, 0.29) is 30.2 Å². The molecule has 0 amide bonds. The van der Waals surface area contributed by atoms with Crippen molar-refractivity contribution in [2.45, 2.75) is 25.8 Å². The fourth-order valence-corrected chi connectivity index (χ4v) is 3.19. The molecule has 0 fully saturated rings. The molecule has 1 N–H and O–H groups in total. The van der Waals surface area contributed by atoms with Crippen LogP contribution in [0.25, 0.3) is 11.1 Å². The maximum absolute atomic E-state index is 15.0. The maximum atomic E-state index is 15.0. The number of aromatic hydroxyl groups is 1. The topological polar surface area (TPSA) is 38.7 Å². The Morgan fingerprint density at radius 1 is 0.694 bits per heavy atom. The Morgan fingerprint density at radius 2 is 1.22 bits per heavy atom. The predicted octanol–water partition coefficient (Wildman–Crippen LogP) is 7.48. The summed E-state index contributed by atoms with van der Waals surface area (Å²) in [5, 5.41) is 9.87. The summed E-state index contributed by atoms with van der Waals surface area (Å²) in [6, 6.07) is 0.922. The summed E-state index contributed by atoms with van der Waals surface area (Å²) < 4.78 is 159. The average molecular weight is 532 g/mol. The van der Waals surface area contributed by atoms with E-state index in [0.717, 1.165) is 0 Å². The Balaban J connectivity index is 2.11. The highest BCUT2D eigenvalue weighted by molar-refractivity contribution is 5.73. The zero-order valence-corrected chi connectivity index (χ0v) is 17.5. The average Bonchev–Trinajstić information content (AvgIpc) is 2.70. The van der Waals surface area contributed by atoms with Gasteiger partial charge in [-0.25, -0.2) is 26.3 Å². The quantitative estimate of drug-likeness (QED) is 0.335. The van der Waals surface area contributed by atoms with E-state index in [1.54, 1.807) is 0 Å². The van der Waals surface area contributed by atoms with Crippen molar-refractivity contribution >= 4 is 0 Å². The van der Waals surface area contributed by atoms with Crippen LogP contribution in [0.5, 0.6) is 17.2 Å². The lowest BCUT2D eigenvalue weighted by Crippen LogP contribution is -2.26. The van der Waals surface area contributed by atoms with Crippen LogP contribution in [0.1, 0.15) is 18.1 Å². The zero-order chi connectivity index (χ0) is 27.2. The number of halogens is 11. The number of benzene rings is 3. The monoisotopic (exact) mass is 532 g/mol. The first-order chi connectivity index (χ1) is 16.6. The molecule has 0 spiro atoms. The van der Waals surface area contributed by atoms with E-state index in [1.165, 1.54) is 6.92 Å². The van der Waals surface area contributed by atoms with Crippen LogP contribution in [0.4, 0.5) is 48.3 Å². The minimum Gasteiger partial charge on any atom is -0.507 e. The summed E-state index contributed by atoms with van der Waals surface area (Å²) in [5.41, 5.74) is -5.10. The largest absolute Gasteiger partial charge is 0.573 e. The van der Waals surface area contributed by atoms with Crippen molar-refractivity contribution < 1.29 is 62.9 Å². The van der Waals surface area contributed by atoms with Crippen LogP contribution < -0.4 is 9.47 Å². The van der Waals surface area contributed by atoms with E-state index < -0.39 is 81.3 Å². The zero-order valence-electron chi connectivity index (χ0n) is 17.5. The van der Waals surface area contributed by atoms with Crippen LogP contribution >= 0.6 is 0 Å². The molecule has 0 bridgehead atoms. The Morgan fingerprint density at radius 3 is 1.69 bits per heavy atom. The van der Waals surface area contributed by atoms with Crippen molar-refractivity contribution in [2.75, 3.05) is 0 Å². The van der Waals surface area contributed by atoms with Gasteiger partial charge in [-0.15, -0.1) is 13.2 Å². The van der Waals surface area contributed by atoms with Gasteiger partial charge in [-0.05, 0) is 24.1 Å². The number of hydrogen-bond donors (Lipinski definition) is 1. The molecular formula is C22H11F11O3. The van der Waals surface area contributed by atoms with Gasteiger partial charge in [0.15, 0.2) is 17.5 Å². The van der Waals surface area contributed by atoms with Crippen molar-refractivity contribution in [3.05, 3.63) is 76.4 Å². The number of ether oxygens (including phenoxy) is 2. The smallest absolute Gasteiger partial charge is 0.507 e. The van der Waals surface area contributed by atoms with Crippen molar-refractivity contribution in [1.29, 1.82) is 0 Å².